The van der Waals surface area contributed by atoms with Crippen molar-refractivity contribution in [1.29, 1.82) is 0 Å². The minimum absolute atomic E-state index is 0.182. The molecule has 1 aromatic heterocycles. The highest BCUT2D eigenvalue weighted by Crippen LogP contribution is 2.25. The Morgan fingerprint density at radius 1 is 1.19 bits per heavy atom. The van der Waals surface area contributed by atoms with Gasteiger partial charge in [0.05, 0.1) is 11.6 Å². The third-order valence-corrected chi connectivity index (χ3v) is 2.81. The summed E-state index contributed by atoms with van der Waals surface area (Å²) in [6, 6.07) is 5.07. The molecule has 0 aliphatic carbocycles. The molecule has 1 radical (unpaired) electrons. The summed E-state index contributed by atoms with van der Waals surface area (Å²) >= 11 is 0. The molecule has 0 N–H and O–H groups in total. The first-order valence-electron chi connectivity index (χ1n) is 5.77. The molecule has 2 aromatic rings. The number of hydrogen-bond acceptors (Lipinski definition) is 1. The minimum Gasteiger partial charge on any atom is -0.468 e. The lowest BCUT2D eigenvalue weighted by Crippen LogP contribution is -1.86. The van der Waals surface area contributed by atoms with E-state index < -0.39 is 0 Å². The maximum atomic E-state index is 13.6. The van der Waals surface area contributed by atoms with Crippen molar-refractivity contribution in [2.75, 3.05) is 0 Å². The summed E-state index contributed by atoms with van der Waals surface area (Å²) < 4.78 is 19.0. The summed E-state index contributed by atoms with van der Waals surface area (Å²) in [6.07, 6.45) is 6.69. The third kappa shape index (κ3) is 2.26. The highest BCUT2D eigenvalue weighted by molar-refractivity contribution is 5.84. The molecule has 2 heteroatoms. The van der Waals surface area contributed by atoms with Gasteiger partial charge in [0.2, 0.25) is 0 Å². The molecule has 0 fully saturated rings. The van der Waals surface area contributed by atoms with Gasteiger partial charge >= 0.3 is 0 Å². The Balaban J connectivity index is 2.12. The van der Waals surface area contributed by atoms with Gasteiger partial charge in [-0.15, -0.1) is 0 Å². The van der Waals surface area contributed by atoms with Crippen LogP contribution in [0.2, 0.25) is 0 Å². The van der Waals surface area contributed by atoms with Crippen molar-refractivity contribution in [2.45, 2.75) is 32.1 Å². The molecular formula is C14H16FO. The van der Waals surface area contributed by atoms with Crippen molar-refractivity contribution in [3.05, 3.63) is 43.0 Å². The van der Waals surface area contributed by atoms with E-state index in [0.29, 0.717) is 5.39 Å². The highest BCUT2D eigenvalue weighted by Gasteiger charge is 2.09. The Kier molecular flexibility index (Phi) is 3.60. The average Bonchev–Trinajstić information content (AvgIpc) is 2.69. The van der Waals surface area contributed by atoms with Crippen LogP contribution >= 0.6 is 0 Å². The van der Waals surface area contributed by atoms with Crippen LogP contribution in [0.5, 0.6) is 0 Å². The molecule has 0 saturated heterocycles. The van der Waals surface area contributed by atoms with Gasteiger partial charge in [-0.1, -0.05) is 38.3 Å². The van der Waals surface area contributed by atoms with Gasteiger partial charge in [0, 0.05) is 11.8 Å². The van der Waals surface area contributed by atoms with Crippen LogP contribution in [0.15, 0.2) is 28.9 Å². The SMILES string of the molecule is [CH2]CCCCCc1occ2cccc(F)c12. The van der Waals surface area contributed by atoms with E-state index in [4.69, 9.17) is 4.42 Å². The van der Waals surface area contributed by atoms with Crippen molar-refractivity contribution in [2.24, 2.45) is 0 Å². The second-order valence-corrected chi connectivity index (χ2v) is 4.03. The molecule has 0 bridgehead atoms. The summed E-state index contributed by atoms with van der Waals surface area (Å²) in [6.45, 7) is 3.80. The zero-order chi connectivity index (χ0) is 11.4. The van der Waals surface area contributed by atoms with Gasteiger partial charge in [-0.05, 0) is 12.5 Å². The average molecular weight is 219 g/mol. The molecule has 0 spiro atoms. The van der Waals surface area contributed by atoms with E-state index in [-0.39, 0.29) is 5.82 Å². The van der Waals surface area contributed by atoms with Gasteiger partial charge in [-0.2, -0.15) is 0 Å². The van der Waals surface area contributed by atoms with Crippen LogP contribution in [0.3, 0.4) is 0 Å². The Morgan fingerprint density at radius 2 is 2.06 bits per heavy atom. The summed E-state index contributed by atoms with van der Waals surface area (Å²) in [7, 11) is 0. The zero-order valence-electron chi connectivity index (χ0n) is 9.34. The van der Waals surface area contributed by atoms with Crippen molar-refractivity contribution in [3.8, 4) is 0 Å². The van der Waals surface area contributed by atoms with Crippen LogP contribution in [-0.2, 0) is 6.42 Å². The van der Waals surface area contributed by atoms with E-state index in [9.17, 15) is 4.39 Å². The molecule has 0 atom stereocenters. The number of rotatable bonds is 5. The topological polar surface area (TPSA) is 13.1 Å². The summed E-state index contributed by atoms with van der Waals surface area (Å²) in [4.78, 5) is 0. The predicted molar refractivity (Wildman–Crippen MR) is 63.7 cm³/mol. The smallest absolute Gasteiger partial charge is 0.134 e. The van der Waals surface area contributed by atoms with E-state index in [1.54, 1.807) is 12.3 Å². The van der Waals surface area contributed by atoms with E-state index >= 15 is 0 Å². The first-order valence-corrected chi connectivity index (χ1v) is 5.77. The zero-order valence-corrected chi connectivity index (χ0v) is 9.34. The molecule has 0 aliphatic rings. The van der Waals surface area contributed by atoms with E-state index in [0.717, 1.165) is 43.3 Å². The van der Waals surface area contributed by atoms with Crippen LogP contribution in [0, 0.1) is 12.7 Å². The van der Waals surface area contributed by atoms with Crippen molar-refractivity contribution < 1.29 is 8.81 Å². The third-order valence-electron chi connectivity index (χ3n) is 2.81. The lowest BCUT2D eigenvalue weighted by molar-refractivity contribution is 0.498. The summed E-state index contributed by atoms with van der Waals surface area (Å²) in [5.41, 5.74) is 0. The fraction of sp³-hybridized carbons (Fsp3) is 0.357. The van der Waals surface area contributed by atoms with E-state index in [1.807, 2.05) is 6.07 Å². The van der Waals surface area contributed by atoms with Crippen molar-refractivity contribution >= 4 is 10.8 Å². The molecule has 2 rings (SSSR count). The molecule has 85 valence electrons. The number of benzene rings is 1. The van der Waals surface area contributed by atoms with Crippen LogP contribution in [0.25, 0.3) is 10.8 Å². The molecule has 1 nitrogen and oxygen atoms in total. The van der Waals surface area contributed by atoms with Gasteiger partial charge in [-0.3, -0.25) is 0 Å². The standard InChI is InChI=1S/C14H16FO/c1-2-3-4-5-9-13-14-11(10-16-13)7-6-8-12(14)15/h6-8,10H,1-5,9H2. The van der Waals surface area contributed by atoms with Crippen LogP contribution < -0.4 is 0 Å². The van der Waals surface area contributed by atoms with Gasteiger partial charge < -0.3 is 4.42 Å². The minimum atomic E-state index is -0.182. The van der Waals surface area contributed by atoms with Crippen molar-refractivity contribution in [3.63, 3.8) is 0 Å². The normalized spacial score (nSPS) is 11.1. The van der Waals surface area contributed by atoms with Gasteiger partial charge in [0.15, 0.2) is 0 Å². The number of hydrogen-bond donors (Lipinski definition) is 0. The highest BCUT2D eigenvalue weighted by atomic mass is 19.1. The maximum absolute atomic E-state index is 13.6. The fourth-order valence-corrected chi connectivity index (χ4v) is 1.95. The van der Waals surface area contributed by atoms with E-state index in [1.165, 1.54) is 6.07 Å². The fourth-order valence-electron chi connectivity index (χ4n) is 1.95. The Labute approximate surface area is 95.3 Å². The molecule has 0 amide bonds. The molecule has 0 aliphatic heterocycles. The monoisotopic (exact) mass is 219 g/mol. The van der Waals surface area contributed by atoms with Crippen LogP contribution in [0.4, 0.5) is 4.39 Å². The number of aryl methyl sites for hydroxylation is 1. The van der Waals surface area contributed by atoms with Gasteiger partial charge in [0.1, 0.15) is 11.6 Å². The maximum Gasteiger partial charge on any atom is 0.134 e. The lowest BCUT2D eigenvalue weighted by Gasteiger charge is -1.99. The number of unbranched alkanes of at least 4 members (excludes halogenated alkanes) is 3. The summed E-state index contributed by atoms with van der Waals surface area (Å²) in [5.74, 6) is 0.593. The first-order chi connectivity index (χ1) is 7.83. The Hall–Kier alpha value is -1.31. The molecule has 0 saturated carbocycles. The summed E-state index contributed by atoms with van der Waals surface area (Å²) in [5, 5.41) is 1.50. The quantitative estimate of drug-likeness (QED) is 0.674. The second kappa shape index (κ2) is 5.15. The Bertz CT molecular complexity index is 459. The van der Waals surface area contributed by atoms with Gasteiger partial charge in [-0.25, -0.2) is 4.39 Å². The number of furan rings is 1. The van der Waals surface area contributed by atoms with Crippen LogP contribution in [0.1, 0.15) is 31.4 Å². The van der Waals surface area contributed by atoms with Crippen LogP contribution in [-0.4, -0.2) is 0 Å². The first kappa shape index (κ1) is 11.2. The second-order valence-electron chi connectivity index (χ2n) is 4.03. The molecule has 16 heavy (non-hydrogen) atoms. The molecule has 1 heterocycles. The number of fused-ring (bicyclic) bond motifs is 1. The van der Waals surface area contributed by atoms with E-state index in [2.05, 4.69) is 6.92 Å². The largest absolute Gasteiger partial charge is 0.468 e. The van der Waals surface area contributed by atoms with Gasteiger partial charge in [0.25, 0.3) is 0 Å². The van der Waals surface area contributed by atoms with Crippen molar-refractivity contribution in [1.82, 2.24) is 0 Å². The number of halogens is 1. The molecule has 1 aromatic carbocycles. The predicted octanol–water partition coefficient (Wildman–Crippen LogP) is 4.51. The Morgan fingerprint density at radius 3 is 2.88 bits per heavy atom. The molecule has 0 unspecified atom stereocenters. The molecular weight excluding hydrogens is 203 g/mol. The lowest BCUT2D eigenvalue weighted by atomic mass is 10.1.